The maximum absolute atomic E-state index is 12.0. The lowest BCUT2D eigenvalue weighted by Crippen LogP contribution is -2.55. The third-order valence-corrected chi connectivity index (χ3v) is 4.45. The summed E-state index contributed by atoms with van der Waals surface area (Å²) >= 11 is 6.07. The number of hydrogen-bond acceptors (Lipinski definition) is 3. The normalized spacial score (nSPS) is 19.2. The quantitative estimate of drug-likeness (QED) is 0.776. The van der Waals surface area contributed by atoms with E-state index in [-0.39, 0.29) is 17.7 Å². The minimum Gasteiger partial charge on any atom is -0.333 e. The maximum Gasteiger partial charge on any atom is 0.289 e. The van der Waals surface area contributed by atoms with Crippen molar-refractivity contribution in [3.8, 4) is 0 Å². The fourth-order valence-electron chi connectivity index (χ4n) is 3.15. The summed E-state index contributed by atoms with van der Waals surface area (Å²) in [5.41, 5.74) is 1.18. The highest BCUT2D eigenvalue weighted by atomic mass is 35.5. The van der Waals surface area contributed by atoms with Crippen molar-refractivity contribution in [2.45, 2.75) is 39.8 Å². The van der Waals surface area contributed by atoms with E-state index in [2.05, 4.69) is 24.8 Å². The maximum atomic E-state index is 12.0. The predicted molar refractivity (Wildman–Crippen MR) is 92.4 cm³/mol. The molecular formula is C18H25ClN2O2. The molecular weight excluding hydrogens is 312 g/mol. The Kier molecular flexibility index (Phi) is 6.19. The largest absolute Gasteiger partial charge is 0.333 e. The van der Waals surface area contributed by atoms with E-state index in [1.54, 1.807) is 4.90 Å². The van der Waals surface area contributed by atoms with Gasteiger partial charge in [-0.15, -0.1) is 0 Å². The summed E-state index contributed by atoms with van der Waals surface area (Å²) in [4.78, 5) is 27.4. The van der Waals surface area contributed by atoms with Gasteiger partial charge in [0.15, 0.2) is 0 Å². The van der Waals surface area contributed by atoms with Crippen LogP contribution in [0.2, 0.25) is 5.02 Å². The van der Waals surface area contributed by atoms with Crippen molar-refractivity contribution in [2.75, 3.05) is 19.6 Å². The molecule has 23 heavy (non-hydrogen) atoms. The predicted octanol–water partition coefficient (Wildman–Crippen LogP) is 2.99. The highest BCUT2D eigenvalue weighted by Crippen LogP contribution is 2.21. The number of hydrogen-bond donors (Lipinski definition) is 0. The van der Waals surface area contributed by atoms with Crippen LogP contribution >= 0.6 is 11.6 Å². The SMILES string of the molecule is CC(=O)C(=O)N1CCN(Cc2cccc(Cl)c2)[C@@H](CC(C)C)C1. The highest BCUT2D eigenvalue weighted by molar-refractivity contribution is 6.35. The van der Waals surface area contributed by atoms with Gasteiger partial charge >= 0.3 is 0 Å². The Morgan fingerprint density at radius 3 is 2.65 bits per heavy atom. The molecule has 1 aliphatic rings. The van der Waals surface area contributed by atoms with Gasteiger partial charge in [0, 0.05) is 44.2 Å². The fraction of sp³-hybridized carbons (Fsp3) is 0.556. The molecule has 1 heterocycles. The van der Waals surface area contributed by atoms with Gasteiger partial charge < -0.3 is 4.90 Å². The number of amides is 1. The fourth-order valence-corrected chi connectivity index (χ4v) is 3.36. The molecule has 1 fully saturated rings. The average Bonchev–Trinajstić information content (AvgIpc) is 2.47. The van der Waals surface area contributed by atoms with Crippen LogP contribution in [-0.4, -0.2) is 47.2 Å². The van der Waals surface area contributed by atoms with Gasteiger partial charge in [-0.05, 0) is 30.0 Å². The van der Waals surface area contributed by atoms with Crippen LogP contribution in [0, 0.1) is 5.92 Å². The van der Waals surface area contributed by atoms with Gasteiger partial charge in [0.1, 0.15) is 0 Å². The minimum atomic E-state index is -0.378. The molecule has 4 nitrogen and oxygen atoms in total. The molecule has 0 saturated carbocycles. The van der Waals surface area contributed by atoms with Crippen molar-refractivity contribution in [1.82, 2.24) is 9.80 Å². The van der Waals surface area contributed by atoms with E-state index >= 15 is 0 Å². The van der Waals surface area contributed by atoms with Crippen LogP contribution in [0.1, 0.15) is 32.8 Å². The summed E-state index contributed by atoms with van der Waals surface area (Å²) < 4.78 is 0. The van der Waals surface area contributed by atoms with Crippen LogP contribution in [0.5, 0.6) is 0 Å². The van der Waals surface area contributed by atoms with Crippen molar-refractivity contribution in [3.63, 3.8) is 0 Å². The molecule has 1 saturated heterocycles. The minimum absolute atomic E-state index is 0.269. The zero-order chi connectivity index (χ0) is 17.0. The smallest absolute Gasteiger partial charge is 0.289 e. The number of ketones is 1. The van der Waals surface area contributed by atoms with Gasteiger partial charge in [0.2, 0.25) is 5.78 Å². The monoisotopic (exact) mass is 336 g/mol. The van der Waals surface area contributed by atoms with E-state index in [1.807, 2.05) is 18.2 Å². The van der Waals surface area contributed by atoms with E-state index in [0.29, 0.717) is 19.0 Å². The Morgan fingerprint density at radius 2 is 2.04 bits per heavy atom. The Morgan fingerprint density at radius 1 is 1.30 bits per heavy atom. The van der Waals surface area contributed by atoms with Gasteiger partial charge in [-0.25, -0.2) is 0 Å². The molecule has 0 aromatic heterocycles. The third-order valence-electron chi connectivity index (χ3n) is 4.21. The molecule has 126 valence electrons. The summed E-state index contributed by atoms with van der Waals surface area (Å²) in [7, 11) is 0. The zero-order valence-corrected chi connectivity index (χ0v) is 14.8. The van der Waals surface area contributed by atoms with Gasteiger partial charge in [0.05, 0.1) is 0 Å². The number of carbonyl (C=O) groups is 2. The molecule has 0 N–H and O–H groups in total. The van der Waals surface area contributed by atoms with Crippen LogP contribution < -0.4 is 0 Å². The second-order valence-electron chi connectivity index (χ2n) is 6.69. The summed E-state index contributed by atoms with van der Waals surface area (Å²) in [6.45, 7) is 8.54. The van der Waals surface area contributed by atoms with E-state index in [1.165, 1.54) is 12.5 Å². The lowest BCUT2D eigenvalue weighted by atomic mass is 9.99. The summed E-state index contributed by atoms with van der Waals surface area (Å²) in [6, 6.07) is 8.17. The Balaban J connectivity index is 2.09. The first-order valence-electron chi connectivity index (χ1n) is 8.15. The first kappa shape index (κ1) is 18.0. The molecule has 0 aliphatic carbocycles. The number of piperazine rings is 1. The summed E-state index contributed by atoms with van der Waals surface area (Å²) in [6.07, 6.45) is 1.00. The molecule has 2 rings (SSSR count). The van der Waals surface area contributed by atoms with Gasteiger partial charge in [0.25, 0.3) is 5.91 Å². The number of benzene rings is 1. The first-order valence-corrected chi connectivity index (χ1v) is 8.53. The average molecular weight is 337 g/mol. The van der Waals surface area contributed by atoms with E-state index in [4.69, 9.17) is 11.6 Å². The van der Waals surface area contributed by atoms with Crippen LogP contribution in [0.25, 0.3) is 0 Å². The molecule has 0 unspecified atom stereocenters. The first-order chi connectivity index (χ1) is 10.9. The number of carbonyl (C=O) groups excluding carboxylic acids is 2. The van der Waals surface area contributed by atoms with Crippen molar-refractivity contribution in [1.29, 1.82) is 0 Å². The standard InChI is InChI=1S/C18H25ClN2O2/c1-13(2)9-17-12-21(18(23)14(3)22)8-7-20(17)11-15-5-4-6-16(19)10-15/h4-6,10,13,17H,7-9,11-12H2,1-3H3/t17-/m0/s1. The number of halogens is 1. The zero-order valence-electron chi connectivity index (χ0n) is 14.1. The second kappa shape index (κ2) is 7.93. The molecule has 1 aromatic carbocycles. The van der Waals surface area contributed by atoms with Gasteiger partial charge in [-0.1, -0.05) is 37.6 Å². The molecule has 0 bridgehead atoms. The van der Waals surface area contributed by atoms with E-state index < -0.39 is 0 Å². The molecule has 0 radical (unpaired) electrons. The molecule has 1 amide bonds. The molecule has 1 aliphatic heterocycles. The summed E-state index contributed by atoms with van der Waals surface area (Å²) in [5.74, 6) is -0.202. The lowest BCUT2D eigenvalue weighted by Gasteiger charge is -2.42. The van der Waals surface area contributed by atoms with Crippen molar-refractivity contribution in [3.05, 3.63) is 34.9 Å². The summed E-state index contributed by atoms with van der Waals surface area (Å²) in [5, 5.41) is 0.744. The number of nitrogens with zero attached hydrogens (tertiary/aromatic N) is 2. The Labute approximate surface area is 143 Å². The lowest BCUT2D eigenvalue weighted by molar-refractivity contribution is -0.145. The molecule has 1 atom stereocenters. The van der Waals surface area contributed by atoms with Crippen molar-refractivity contribution in [2.24, 2.45) is 5.92 Å². The Hall–Kier alpha value is -1.39. The number of rotatable bonds is 5. The highest BCUT2D eigenvalue weighted by Gasteiger charge is 2.31. The molecule has 0 spiro atoms. The van der Waals surface area contributed by atoms with Crippen LogP contribution in [-0.2, 0) is 16.1 Å². The van der Waals surface area contributed by atoms with Crippen LogP contribution in [0.15, 0.2) is 24.3 Å². The molecule has 1 aromatic rings. The van der Waals surface area contributed by atoms with Crippen molar-refractivity contribution >= 4 is 23.3 Å². The Bertz CT molecular complexity index is 574. The third kappa shape index (κ3) is 5.05. The van der Waals surface area contributed by atoms with Gasteiger partial charge in [-0.3, -0.25) is 14.5 Å². The van der Waals surface area contributed by atoms with Crippen molar-refractivity contribution < 1.29 is 9.59 Å². The van der Waals surface area contributed by atoms with E-state index in [9.17, 15) is 9.59 Å². The molecule has 5 heteroatoms. The van der Waals surface area contributed by atoms with Crippen LogP contribution in [0.3, 0.4) is 0 Å². The van der Waals surface area contributed by atoms with Crippen LogP contribution in [0.4, 0.5) is 0 Å². The topological polar surface area (TPSA) is 40.6 Å². The van der Waals surface area contributed by atoms with Gasteiger partial charge in [-0.2, -0.15) is 0 Å². The number of Topliss-reactive ketones (excluding diaryl/α,β-unsaturated/α-hetero) is 1. The van der Waals surface area contributed by atoms with E-state index in [0.717, 1.165) is 24.5 Å². The second-order valence-corrected chi connectivity index (χ2v) is 7.13.